The molecule has 290 valence electrons. The van der Waals surface area contributed by atoms with Crippen LogP contribution in [0.25, 0.3) is 0 Å². The lowest BCUT2D eigenvalue weighted by Gasteiger charge is -2.39. The highest BCUT2D eigenvalue weighted by atomic mass is 16.2. The highest BCUT2D eigenvalue weighted by Gasteiger charge is 2.35. The Balaban J connectivity index is 4.14. The molecule has 0 rings (SSSR count). The Morgan fingerprint density at radius 3 is 1.41 bits per heavy atom. The molecule has 0 heterocycles. The quantitative estimate of drug-likeness (QED) is 0.0448. The molecule has 5 nitrogen and oxygen atoms in total. The molecular formula is C44H87N3O2. The van der Waals surface area contributed by atoms with Gasteiger partial charge in [0.05, 0.1) is 11.6 Å². The zero-order chi connectivity index (χ0) is 36.3. The molecule has 0 aliphatic rings. The molecule has 0 aromatic heterocycles. The maximum absolute atomic E-state index is 13.1. The third kappa shape index (κ3) is 29.0. The zero-order valence-electron chi connectivity index (χ0n) is 33.8. The van der Waals surface area contributed by atoms with Crippen molar-refractivity contribution in [3.05, 3.63) is 12.2 Å². The average Bonchev–Trinajstić information content (AvgIpc) is 3.08. The summed E-state index contributed by atoms with van der Waals surface area (Å²) in [7, 11) is 0. The lowest BCUT2D eigenvalue weighted by atomic mass is 9.81. The van der Waals surface area contributed by atoms with Crippen molar-refractivity contribution in [1.29, 1.82) is 0 Å². The summed E-state index contributed by atoms with van der Waals surface area (Å²) in [5.74, 6) is 0.246. The summed E-state index contributed by atoms with van der Waals surface area (Å²) in [6.07, 6.45) is 42.7. The van der Waals surface area contributed by atoms with Crippen molar-refractivity contribution < 1.29 is 9.59 Å². The van der Waals surface area contributed by atoms with E-state index in [1.165, 1.54) is 148 Å². The van der Waals surface area contributed by atoms with Crippen molar-refractivity contribution in [2.45, 2.75) is 245 Å². The Bertz CT molecular complexity index is 767. The largest absolute Gasteiger partial charge is 0.352 e. The Labute approximate surface area is 307 Å². The van der Waals surface area contributed by atoms with E-state index in [4.69, 9.17) is 5.73 Å². The molecule has 2 amide bonds. The van der Waals surface area contributed by atoms with Crippen LogP contribution in [0.5, 0.6) is 0 Å². The maximum Gasteiger partial charge on any atom is 0.236 e. The van der Waals surface area contributed by atoms with Crippen LogP contribution in [0.4, 0.5) is 0 Å². The number of hydrogen-bond acceptors (Lipinski definition) is 3. The number of carbonyl (C=O) groups is 2. The number of nitrogens with two attached hydrogens (primary N) is 1. The number of nitrogens with one attached hydrogen (secondary N) is 2. The van der Waals surface area contributed by atoms with Crippen molar-refractivity contribution in [2.75, 3.05) is 6.54 Å². The molecule has 0 saturated carbocycles. The minimum atomic E-state index is -0.477. The van der Waals surface area contributed by atoms with Crippen molar-refractivity contribution >= 4 is 11.8 Å². The lowest BCUT2D eigenvalue weighted by molar-refractivity contribution is -0.126. The molecule has 0 spiro atoms. The first-order chi connectivity index (χ1) is 23.8. The summed E-state index contributed by atoms with van der Waals surface area (Å²) in [5, 5.41) is 6.50. The Morgan fingerprint density at radius 1 is 0.571 bits per heavy atom. The molecule has 0 aliphatic carbocycles. The van der Waals surface area contributed by atoms with Gasteiger partial charge in [0.2, 0.25) is 11.8 Å². The fourth-order valence-corrected chi connectivity index (χ4v) is 7.04. The SMILES string of the molecule is CCCCCCCC/C=C\CCCCCCCC(=O)NC(CCC)(CNC(=O)C(N)CCCCCCCCCCCCCCCC)C(C)C. The first-order valence-corrected chi connectivity index (χ1v) is 21.8. The van der Waals surface area contributed by atoms with Gasteiger partial charge >= 0.3 is 0 Å². The van der Waals surface area contributed by atoms with E-state index in [0.29, 0.717) is 13.0 Å². The zero-order valence-corrected chi connectivity index (χ0v) is 33.8. The summed E-state index contributed by atoms with van der Waals surface area (Å²) in [4.78, 5) is 26.0. The fourth-order valence-electron chi connectivity index (χ4n) is 7.04. The summed E-state index contributed by atoms with van der Waals surface area (Å²) >= 11 is 0. The van der Waals surface area contributed by atoms with Gasteiger partial charge in [0, 0.05) is 13.0 Å². The van der Waals surface area contributed by atoms with E-state index in [1.54, 1.807) is 0 Å². The highest BCUT2D eigenvalue weighted by Crippen LogP contribution is 2.24. The molecular weight excluding hydrogens is 603 g/mol. The average molecular weight is 690 g/mol. The summed E-state index contributed by atoms with van der Waals surface area (Å²) in [5.41, 5.74) is 5.88. The number of amides is 2. The van der Waals surface area contributed by atoms with E-state index >= 15 is 0 Å². The third-order valence-corrected chi connectivity index (χ3v) is 10.6. The second-order valence-corrected chi connectivity index (χ2v) is 15.7. The van der Waals surface area contributed by atoms with Crippen LogP contribution in [0, 0.1) is 5.92 Å². The number of hydrogen-bond donors (Lipinski definition) is 3. The highest BCUT2D eigenvalue weighted by molar-refractivity contribution is 5.81. The molecule has 5 heteroatoms. The normalized spacial score (nSPS) is 13.6. The van der Waals surface area contributed by atoms with Crippen LogP contribution >= 0.6 is 0 Å². The Morgan fingerprint density at radius 2 is 0.980 bits per heavy atom. The van der Waals surface area contributed by atoms with Gasteiger partial charge < -0.3 is 16.4 Å². The van der Waals surface area contributed by atoms with Crippen molar-refractivity contribution in [2.24, 2.45) is 11.7 Å². The van der Waals surface area contributed by atoms with Crippen LogP contribution in [-0.4, -0.2) is 29.9 Å². The Kier molecular flexibility index (Phi) is 34.1. The molecule has 4 N–H and O–H groups in total. The fraction of sp³-hybridized carbons (Fsp3) is 0.909. The van der Waals surface area contributed by atoms with Gasteiger partial charge in [-0.1, -0.05) is 194 Å². The van der Waals surface area contributed by atoms with Gasteiger partial charge in [0.1, 0.15) is 0 Å². The molecule has 0 fully saturated rings. The van der Waals surface area contributed by atoms with Gasteiger partial charge in [-0.15, -0.1) is 0 Å². The predicted octanol–water partition coefficient (Wildman–Crippen LogP) is 12.6. The van der Waals surface area contributed by atoms with Crippen molar-refractivity contribution in [3.8, 4) is 0 Å². The van der Waals surface area contributed by atoms with Gasteiger partial charge in [-0.3, -0.25) is 9.59 Å². The van der Waals surface area contributed by atoms with Crippen LogP contribution in [0.3, 0.4) is 0 Å². The van der Waals surface area contributed by atoms with Crippen molar-refractivity contribution in [3.63, 3.8) is 0 Å². The summed E-state index contributed by atoms with van der Waals surface area (Å²) < 4.78 is 0. The smallest absolute Gasteiger partial charge is 0.236 e. The van der Waals surface area contributed by atoms with Gasteiger partial charge in [-0.2, -0.15) is 0 Å². The van der Waals surface area contributed by atoms with E-state index in [2.05, 4.69) is 57.4 Å². The van der Waals surface area contributed by atoms with Crippen LogP contribution in [0.1, 0.15) is 234 Å². The predicted molar refractivity (Wildman–Crippen MR) is 216 cm³/mol. The topological polar surface area (TPSA) is 84.2 Å². The monoisotopic (exact) mass is 690 g/mol. The minimum Gasteiger partial charge on any atom is -0.352 e. The van der Waals surface area contributed by atoms with Gasteiger partial charge in [0.15, 0.2) is 0 Å². The molecule has 2 unspecified atom stereocenters. The molecule has 0 aromatic carbocycles. The number of allylic oxidation sites excluding steroid dienone is 2. The Hall–Kier alpha value is -1.36. The van der Waals surface area contributed by atoms with Gasteiger partial charge in [-0.05, 0) is 50.9 Å². The van der Waals surface area contributed by atoms with Gasteiger partial charge in [0.25, 0.3) is 0 Å². The van der Waals surface area contributed by atoms with E-state index in [1.807, 2.05) is 0 Å². The molecule has 49 heavy (non-hydrogen) atoms. The summed E-state index contributed by atoms with van der Waals surface area (Å²) in [6.45, 7) is 11.4. The second-order valence-electron chi connectivity index (χ2n) is 15.7. The first kappa shape index (κ1) is 47.6. The molecule has 0 bridgehead atoms. The first-order valence-electron chi connectivity index (χ1n) is 21.8. The van der Waals surface area contributed by atoms with Crippen LogP contribution < -0.4 is 16.4 Å². The maximum atomic E-state index is 13.1. The standard InChI is InChI=1S/C44H87N3O2/c1-6-9-11-13-15-17-19-21-23-25-27-29-31-33-35-37-42(48)47-44(38-8-3,40(4)5)39-46-43(49)41(45)36-34-32-30-28-26-24-22-20-18-16-14-12-10-7-2/h21,23,40-41H,6-20,22,24-39,45H2,1-5H3,(H,46,49)(H,47,48)/b23-21-. The van der Waals surface area contributed by atoms with Crippen LogP contribution in [0.15, 0.2) is 12.2 Å². The van der Waals surface area contributed by atoms with Gasteiger partial charge in [-0.25, -0.2) is 0 Å². The number of unbranched alkanes of at least 4 members (excludes halogenated alkanes) is 24. The number of carbonyl (C=O) groups excluding carboxylic acids is 2. The molecule has 2 atom stereocenters. The van der Waals surface area contributed by atoms with E-state index in [9.17, 15) is 9.59 Å². The van der Waals surface area contributed by atoms with E-state index in [-0.39, 0.29) is 17.7 Å². The molecule has 0 saturated heterocycles. The number of rotatable bonds is 37. The van der Waals surface area contributed by atoms with Crippen LogP contribution in [-0.2, 0) is 9.59 Å². The molecule has 0 radical (unpaired) electrons. The minimum absolute atomic E-state index is 0.0812. The second kappa shape index (κ2) is 35.1. The van der Waals surface area contributed by atoms with Crippen molar-refractivity contribution in [1.82, 2.24) is 10.6 Å². The van der Waals surface area contributed by atoms with E-state index in [0.717, 1.165) is 44.9 Å². The van der Waals surface area contributed by atoms with Crippen LogP contribution in [0.2, 0.25) is 0 Å². The summed E-state index contributed by atoms with van der Waals surface area (Å²) in [6, 6.07) is -0.477. The lowest BCUT2D eigenvalue weighted by Crippen LogP contribution is -2.60. The molecule has 0 aromatic rings. The third-order valence-electron chi connectivity index (χ3n) is 10.6. The molecule has 0 aliphatic heterocycles. The van der Waals surface area contributed by atoms with E-state index < -0.39 is 11.6 Å².